The van der Waals surface area contributed by atoms with E-state index in [2.05, 4.69) is 4.74 Å². The van der Waals surface area contributed by atoms with E-state index >= 15 is 0 Å². The predicted molar refractivity (Wildman–Crippen MR) is 45.9 cm³/mol. The predicted octanol–water partition coefficient (Wildman–Crippen LogP) is 2.27. The molecule has 0 bridgehead atoms. The van der Waals surface area contributed by atoms with Crippen molar-refractivity contribution in [1.82, 2.24) is 0 Å². The van der Waals surface area contributed by atoms with Crippen molar-refractivity contribution < 1.29 is 18.3 Å². The maximum Gasteiger partial charge on any atom is 0.261 e. The molecule has 0 N–H and O–H groups in total. The summed E-state index contributed by atoms with van der Waals surface area (Å²) in [5.41, 5.74) is -0.409. The van der Waals surface area contributed by atoms with Crippen LogP contribution in [0.1, 0.15) is 27.2 Å². The highest BCUT2D eigenvalue weighted by molar-refractivity contribution is 5.83. The molecule has 0 unspecified atom stereocenters. The van der Waals surface area contributed by atoms with Crippen LogP contribution in [0.4, 0.5) is 8.78 Å². The minimum Gasteiger partial charge on any atom is -0.375 e. The van der Waals surface area contributed by atoms with Gasteiger partial charge in [-0.05, 0) is 0 Å². The number of carbonyl (C=O) groups excluding carboxylic acids is 1. The largest absolute Gasteiger partial charge is 0.375 e. The minimum absolute atomic E-state index is 0.0294. The zero-order valence-corrected chi connectivity index (χ0v) is 8.27. The molecule has 0 aromatic carbocycles. The summed E-state index contributed by atoms with van der Waals surface area (Å²) in [5, 5.41) is 0. The third-order valence-corrected chi connectivity index (χ3v) is 1.55. The molecule has 0 heterocycles. The number of Topliss-reactive ketones (excluding diaryl/α,β-unsaturated/α-hetero) is 1. The van der Waals surface area contributed by atoms with Crippen molar-refractivity contribution in [3.05, 3.63) is 0 Å². The summed E-state index contributed by atoms with van der Waals surface area (Å²) in [7, 11) is 0. The lowest BCUT2D eigenvalue weighted by molar-refractivity contribution is -0.127. The molecule has 0 aromatic rings. The highest BCUT2D eigenvalue weighted by Gasteiger charge is 2.20. The number of halogens is 2. The Morgan fingerprint density at radius 3 is 2.31 bits per heavy atom. The minimum atomic E-state index is -2.45. The summed E-state index contributed by atoms with van der Waals surface area (Å²) in [6, 6.07) is 0. The fourth-order valence-corrected chi connectivity index (χ4v) is 0.712. The van der Waals surface area contributed by atoms with E-state index in [1.165, 1.54) is 0 Å². The standard InChI is InChI=1S/C9H16F2O2/c1-9(2,3)7(12)4-5-13-6-8(10)11/h8H,4-6H2,1-3H3. The highest BCUT2D eigenvalue weighted by Crippen LogP contribution is 2.16. The monoisotopic (exact) mass is 194 g/mol. The fourth-order valence-electron chi connectivity index (χ4n) is 0.712. The van der Waals surface area contributed by atoms with Gasteiger partial charge in [0.1, 0.15) is 12.4 Å². The first-order valence-corrected chi connectivity index (χ1v) is 4.23. The second kappa shape index (κ2) is 5.27. The Morgan fingerprint density at radius 1 is 1.38 bits per heavy atom. The van der Waals surface area contributed by atoms with Gasteiger partial charge in [0.05, 0.1) is 6.61 Å². The van der Waals surface area contributed by atoms with Crippen LogP contribution in [0.15, 0.2) is 0 Å². The number of alkyl halides is 2. The lowest BCUT2D eigenvalue weighted by Gasteiger charge is -2.16. The van der Waals surface area contributed by atoms with E-state index in [-0.39, 0.29) is 18.8 Å². The number of ketones is 1. The van der Waals surface area contributed by atoms with Gasteiger partial charge >= 0.3 is 0 Å². The highest BCUT2D eigenvalue weighted by atomic mass is 19.3. The first kappa shape index (κ1) is 12.5. The maximum atomic E-state index is 11.6. The van der Waals surface area contributed by atoms with Crippen LogP contribution >= 0.6 is 0 Å². The van der Waals surface area contributed by atoms with Crippen molar-refractivity contribution >= 4 is 5.78 Å². The summed E-state index contributed by atoms with van der Waals surface area (Å²) in [5.74, 6) is 0.0294. The van der Waals surface area contributed by atoms with E-state index in [4.69, 9.17) is 0 Å². The molecule has 0 fully saturated rings. The Hall–Kier alpha value is -0.510. The zero-order valence-electron chi connectivity index (χ0n) is 8.27. The normalized spacial score (nSPS) is 12.2. The van der Waals surface area contributed by atoms with Gasteiger partial charge in [-0.3, -0.25) is 4.79 Å². The van der Waals surface area contributed by atoms with E-state index in [0.717, 1.165) is 0 Å². The molecule has 0 spiro atoms. The molecule has 0 aromatic heterocycles. The van der Waals surface area contributed by atoms with Crippen molar-refractivity contribution in [2.75, 3.05) is 13.2 Å². The number of rotatable bonds is 5. The molecule has 2 nitrogen and oxygen atoms in total. The maximum absolute atomic E-state index is 11.6. The number of ether oxygens (including phenoxy) is 1. The van der Waals surface area contributed by atoms with E-state index < -0.39 is 18.4 Å². The smallest absolute Gasteiger partial charge is 0.261 e. The van der Waals surface area contributed by atoms with E-state index in [1.807, 2.05) is 0 Å². The van der Waals surface area contributed by atoms with Crippen LogP contribution in [-0.4, -0.2) is 25.4 Å². The summed E-state index contributed by atoms with van der Waals surface area (Å²) in [4.78, 5) is 11.2. The first-order valence-electron chi connectivity index (χ1n) is 4.23. The Bertz CT molecular complexity index is 161. The molecule has 0 rings (SSSR count). The summed E-state index contributed by atoms with van der Waals surface area (Å²) in [6.45, 7) is 4.88. The molecule has 0 saturated heterocycles. The Morgan fingerprint density at radius 2 is 1.92 bits per heavy atom. The van der Waals surface area contributed by atoms with Crippen molar-refractivity contribution in [3.8, 4) is 0 Å². The zero-order chi connectivity index (χ0) is 10.5. The molecule has 0 atom stereocenters. The number of carbonyl (C=O) groups is 1. The Labute approximate surface area is 77.3 Å². The van der Waals surface area contributed by atoms with E-state index in [1.54, 1.807) is 20.8 Å². The summed E-state index contributed by atoms with van der Waals surface area (Å²) >= 11 is 0. The summed E-state index contributed by atoms with van der Waals surface area (Å²) in [6.07, 6.45) is -2.25. The van der Waals surface area contributed by atoms with Crippen LogP contribution in [0, 0.1) is 5.41 Å². The van der Waals surface area contributed by atoms with Crippen LogP contribution in [0.25, 0.3) is 0 Å². The van der Waals surface area contributed by atoms with Crippen molar-refractivity contribution in [2.24, 2.45) is 5.41 Å². The van der Waals surface area contributed by atoms with Crippen LogP contribution in [0.5, 0.6) is 0 Å². The van der Waals surface area contributed by atoms with Gasteiger partial charge in [0, 0.05) is 11.8 Å². The third-order valence-electron chi connectivity index (χ3n) is 1.55. The summed E-state index contributed by atoms with van der Waals surface area (Å²) < 4.78 is 27.8. The van der Waals surface area contributed by atoms with Gasteiger partial charge in [0.2, 0.25) is 0 Å². The second-order valence-electron chi connectivity index (χ2n) is 3.89. The fraction of sp³-hybridized carbons (Fsp3) is 0.889. The Kier molecular flexibility index (Phi) is 5.06. The lowest BCUT2D eigenvalue weighted by Crippen LogP contribution is -2.22. The van der Waals surface area contributed by atoms with Crippen LogP contribution in [-0.2, 0) is 9.53 Å². The van der Waals surface area contributed by atoms with Crippen LogP contribution in [0.3, 0.4) is 0 Å². The quantitative estimate of drug-likeness (QED) is 0.627. The molecule has 78 valence electrons. The topological polar surface area (TPSA) is 26.3 Å². The molecule has 13 heavy (non-hydrogen) atoms. The van der Waals surface area contributed by atoms with Gasteiger partial charge in [0.25, 0.3) is 6.43 Å². The van der Waals surface area contributed by atoms with Crippen LogP contribution < -0.4 is 0 Å². The SMILES string of the molecule is CC(C)(C)C(=O)CCOCC(F)F. The van der Waals surface area contributed by atoms with Gasteiger partial charge in [-0.15, -0.1) is 0 Å². The average molecular weight is 194 g/mol. The number of hydrogen-bond donors (Lipinski definition) is 0. The molecule has 4 heteroatoms. The molecule has 0 saturated carbocycles. The Balaban J connectivity index is 3.49. The molecule has 0 aliphatic heterocycles. The van der Waals surface area contributed by atoms with Gasteiger partial charge in [-0.2, -0.15) is 0 Å². The van der Waals surface area contributed by atoms with Crippen molar-refractivity contribution in [3.63, 3.8) is 0 Å². The van der Waals surface area contributed by atoms with Gasteiger partial charge in [-0.1, -0.05) is 20.8 Å². The van der Waals surface area contributed by atoms with E-state index in [0.29, 0.717) is 0 Å². The van der Waals surface area contributed by atoms with Crippen molar-refractivity contribution in [1.29, 1.82) is 0 Å². The number of hydrogen-bond acceptors (Lipinski definition) is 2. The molecule has 0 aliphatic carbocycles. The molecule has 0 aliphatic rings. The molecular formula is C9H16F2O2. The third kappa shape index (κ3) is 6.63. The van der Waals surface area contributed by atoms with Gasteiger partial charge in [-0.25, -0.2) is 8.78 Å². The molecule has 0 radical (unpaired) electrons. The van der Waals surface area contributed by atoms with Crippen LogP contribution in [0.2, 0.25) is 0 Å². The first-order chi connectivity index (χ1) is 5.84. The van der Waals surface area contributed by atoms with Crippen molar-refractivity contribution in [2.45, 2.75) is 33.6 Å². The van der Waals surface area contributed by atoms with Gasteiger partial charge in [0.15, 0.2) is 0 Å². The second-order valence-corrected chi connectivity index (χ2v) is 3.89. The van der Waals surface area contributed by atoms with Gasteiger partial charge < -0.3 is 4.74 Å². The van der Waals surface area contributed by atoms with E-state index in [9.17, 15) is 13.6 Å². The average Bonchev–Trinajstić information content (AvgIpc) is 1.95. The molecule has 0 amide bonds. The lowest BCUT2D eigenvalue weighted by atomic mass is 9.89. The molecular weight excluding hydrogens is 178 g/mol.